The maximum absolute atomic E-state index is 12.6. The lowest BCUT2D eigenvalue weighted by Gasteiger charge is -2.31. The van der Waals surface area contributed by atoms with Crippen molar-refractivity contribution in [3.05, 3.63) is 71.1 Å². The molecule has 3 aliphatic heterocycles. The van der Waals surface area contributed by atoms with Crippen LogP contribution in [-0.2, 0) is 11.3 Å². The normalized spacial score (nSPS) is 25.6. The predicted octanol–water partition coefficient (Wildman–Crippen LogP) is 2.96. The van der Waals surface area contributed by atoms with Crippen LogP contribution in [0.25, 0.3) is 0 Å². The average molecular weight is 428 g/mol. The average Bonchev–Trinajstić information content (AvgIpc) is 3.40. The fourth-order valence-corrected chi connectivity index (χ4v) is 3.73. The number of urea groups is 1. The Labute approximate surface area is 176 Å². The Morgan fingerprint density at radius 1 is 1.23 bits per heavy atom. The first-order valence-corrected chi connectivity index (χ1v) is 9.86. The monoisotopic (exact) mass is 427 g/mol. The van der Waals surface area contributed by atoms with E-state index >= 15 is 0 Å². The maximum atomic E-state index is 12.6. The minimum atomic E-state index is -0.941. The summed E-state index contributed by atoms with van der Waals surface area (Å²) in [7, 11) is 0. The van der Waals surface area contributed by atoms with Crippen LogP contribution in [0.4, 0.5) is 4.79 Å². The number of rotatable bonds is 4. The number of hydrogen-bond donors (Lipinski definition) is 1. The molecule has 1 aromatic carbocycles. The van der Waals surface area contributed by atoms with E-state index in [1.165, 1.54) is 22.1 Å². The molecule has 5 rings (SSSR count). The number of amidine groups is 1. The second kappa shape index (κ2) is 7.67. The van der Waals surface area contributed by atoms with E-state index in [-0.39, 0.29) is 24.6 Å². The zero-order chi connectivity index (χ0) is 20.7. The Morgan fingerprint density at radius 2 is 2.07 bits per heavy atom. The van der Waals surface area contributed by atoms with E-state index in [9.17, 15) is 9.90 Å². The van der Waals surface area contributed by atoms with Crippen molar-refractivity contribution in [2.24, 2.45) is 4.99 Å². The van der Waals surface area contributed by atoms with Gasteiger partial charge < -0.3 is 14.4 Å². The summed E-state index contributed by atoms with van der Waals surface area (Å²) in [5, 5.41) is 14.3. The van der Waals surface area contributed by atoms with Gasteiger partial charge in [0, 0.05) is 23.3 Å². The minimum Gasteiger partial charge on any atom is -0.373 e. The number of amides is 2. The summed E-state index contributed by atoms with van der Waals surface area (Å²) in [4.78, 5) is 23.9. The second-order valence-electron chi connectivity index (χ2n) is 7.19. The van der Waals surface area contributed by atoms with Crippen molar-refractivity contribution in [3.8, 4) is 0 Å². The highest BCUT2D eigenvalue weighted by atomic mass is 35.5. The third-order valence-corrected chi connectivity index (χ3v) is 5.42. The lowest BCUT2D eigenvalue weighted by atomic mass is 10.0. The van der Waals surface area contributed by atoms with E-state index in [4.69, 9.17) is 20.9 Å². The smallest absolute Gasteiger partial charge is 0.334 e. The largest absolute Gasteiger partial charge is 0.373 e. The van der Waals surface area contributed by atoms with Crippen molar-refractivity contribution >= 4 is 23.5 Å². The molecule has 4 heterocycles. The number of halogens is 1. The summed E-state index contributed by atoms with van der Waals surface area (Å²) in [6.07, 6.45) is 5.92. The Morgan fingerprint density at radius 3 is 2.90 bits per heavy atom. The molecular formula is C20H18ClN5O4. The number of ether oxygens (including phenoxy) is 1. The molecule has 3 aliphatic rings. The summed E-state index contributed by atoms with van der Waals surface area (Å²) < 4.78 is 11.3. The predicted molar refractivity (Wildman–Crippen MR) is 106 cm³/mol. The van der Waals surface area contributed by atoms with Gasteiger partial charge >= 0.3 is 6.03 Å². The lowest BCUT2D eigenvalue weighted by molar-refractivity contribution is 0.110. The molecule has 1 saturated heterocycles. The molecule has 0 aliphatic carbocycles. The summed E-state index contributed by atoms with van der Waals surface area (Å²) in [5.74, 6) is 1.30. The molecular weight excluding hydrogens is 410 g/mol. The van der Waals surface area contributed by atoms with Gasteiger partial charge in [-0.2, -0.15) is 4.98 Å². The summed E-state index contributed by atoms with van der Waals surface area (Å²) in [6, 6.07) is 7.29. The minimum absolute atomic E-state index is 0.0148. The standard InChI is InChI=1S/C20H18ClN5O4/c21-14-3-1-12(2-4-14)15-9-13(11-29-15)19-23-18(30-24-19)10-25-7-5-16-22-17(27)6-8-26(16)20(25)28/h1-8,13,15,17,27H,9-11H2/t13-,15+,17?/m0/s1. The third kappa shape index (κ3) is 3.62. The highest BCUT2D eigenvalue weighted by molar-refractivity contribution is 6.30. The first-order valence-electron chi connectivity index (χ1n) is 9.48. The van der Waals surface area contributed by atoms with Gasteiger partial charge in [-0.1, -0.05) is 28.9 Å². The van der Waals surface area contributed by atoms with Crippen molar-refractivity contribution in [1.82, 2.24) is 19.9 Å². The van der Waals surface area contributed by atoms with Crippen LogP contribution >= 0.6 is 11.6 Å². The van der Waals surface area contributed by atoms with Gasteiger partial charge in [-0.25, -0.2) is 9.79 Å². The van der Waals surface area contributed by atoms with Crippen molar-refractivity contribution in [3.63, 3.8) is 0 Å². The van der Waals surface area contributed by atoms with Crippen LogP contribution in [0, 0.1) is 0 Å². The molecule has 2 aromatic rings. The van der Waals surface area contributed by atoms with Crippen molar-refractivity contribution in [2.75, 3.05) is 6.61 Å². The quantitative estimate of drug-likeness (QED) is 0.804. The number of nitrogens with zero attached hydrogens (tertiary/aromatic N) is 5. The summed E-state index contributed by atoms with van der Waals surface area (Å²) in [5.41, 5.74) is 1.06. The molecule has 154 valence electrons. The van der Waals surface area contributed by atoms with Crippen molar-refractivity contribution < 1.29 is 19.2 Å². The highest BCUT2D eigenvalue weighted by Crippen LogP contribution is 2.37. The van der Waals surface area contributed by atoms with Gasteiger partial charge in [0.15, 0.2) is 12.1 Å². The zero-order valence-corrected chi connectivity index (χ0v) is 16.5. The molecule has 0 spiro atoms. The van der Waals surface area contributed by atoms with Crippen LogP contribution < -0.4 is 0 Å². The van der Waals surface area contributed by atoms with E-state index in [0.29, 0.717) is 29.2 Å². The first kappa shape index (κ1) is 19.0. The Kier molecular flexibility index (Phi) is 4.86. The van der Waals surface area contributed by atoms with Crippen molar-refractivity contribution in [2.45, 2.75) is 31.2 Å². The molecule has 1 aromatic heterocycles. The molecule has 9 nitrogen and oxygen atoms in total. The molecule has 1 unspecified atom stereocenters. The summed E-state index contributed by atoms with van der Waals surface area (Å²) >= 11 is 5.95. The fraction of sp³-hybridized carbons (Fsp3) is 0.300. The number of benzene rings is 1. The second-order valence-corrected chi connectivity index (χ2v) is 7.63. The van der Waals surface area contributed by atoms with Crippen LogP contribution in [0.5, 0.6) is 0 Å². The number of carbonyl (C=O) groups is 1. The van der Waals surface area contributed by atoms with Gasteiger partial charge in [-0.3, -0.25) is 9.80 Å². The van der Waals surface area contributed by atoms with Crippen LogP contribution in [0.2, 0.25) is 5.02 Å². The van der Waals surface area contributed by atoms with Crippen LogP contribution in [0.3, 0.4) is 0 Å². The molecule has 0 saturated carbocycles. The SMILES string of the molecule is O=C1N(Cc2nc([C@@H]3CO[C@@H](c4ccc(Cl)cc4)C3)no2)C=CC2=NC(O)C=CN12. The molecule has 3 atom stereocenters. The van der Waals surface area contributed by atoms with E-state index < -0.39 is 6.23 Å². The van der Waals surface area contributed by atoms with Crippen LogP contribution in [-0.4, -0.2) is 49.7 Å². The fourth-order valence-electron chi connectivity index (χ4n) is 3.60. The molecule has 2 amide bonds. The number of carbonyl (C=O) groups excluding carboxylic acids is 1. The Balaban J connectivity index is 1.25. The molecule has 0 bridgehead atoms. The summed E-state index contributed by atoms with van der Waals surface area (Å²) in [6.45, 7) is 0.631. The van der Waals surface area contributed by atoms with Gasteiger partial charge in [0.2, 0.25) is 5.89 Å². The number of hydrogen-bond acceptors (Lipinski definition) is 7. The zero-order valence-electron chi connectivity index (χ0n) is 15.8. The lowest BCUT2D eigenvalue weighted by Crippen LogP contribution is -2.45. The molecule has 10 heteroatoms. The third-order valence-electron chi connectivity index (χ3n) is 5.17. The van der Waals surface area contributed by atoms with Crippen molar-refractivity contribution in [1.29, 1.82) is 0 Å². The van der Waals surface area contributed by atoms with Gasteiger partial charge in [-0.05, 0) is 36.3 Å². The Hall–Kier alpha value is -3.01. The van der Waals surface area contributed by atoms with E-state index in [1.54, 1.807) is 12.3 Å². The molecule has 30 heavy (non-hydrogen) atoms. The number of fused-ring (bicyclic) bond motifs is 1. The first-order chi connectivity index (χ1) is 14.6. The number of aliphatic imine (C=N–C) groups is 1. The van der Waals surface area contributed by atoms with Crippen LogP contribution in [0.15, 0.2) is 58.3 Å². The van der Waals surface area contributed by atoms with Gasteiger partial charge in [0.25, 0.3) is 0 Å². The number of aliphatic hydroxyl groups excluding tert-OH is 1. The number of aromatic nitrogens is 2. The highest BCUT2D eigenvalue weighted by Gasteiger charge is 2.32. The topological polar surface area (TPSA) is 104 Å². The van der Waals surface area contributed by atoms with Crippen LogP contribution in [0.1, 0.15) is 35.7 Å². The van der Waals surface area contributed by atoms with E-state index in [1.807, 2.05) is 24.3 Å². The Bertz CT molecular complexity index is 1050. The molecule has 0 radical (unpaired) electrons. The molecule has 1 fully saturated rings. The molecule has 1 N–H and O–H groups in total. The van der Waals surface area contributed by atoms with E-state index in [2.05, 4.69) is 15.1 Å². The van der Waals surface area contributed by atoms with Gasteiger partial charge in [0.05, 0.1) is 12.7 Å². The number of aliphatic hydroxyl groups is 1. The van der Waals surface area contributed by atoms with Gasteiger partial charge in [0.1, 0.15) is 12.4 Å². The van der Waals surface area contributed by atoms with E-state index in [0.717, 1.165) is 12.0 Å². The van der Waals surface area contributed by atoms with Gasteiger partial charge in [-0.15, -0.1) is 0 Å². The maximum Gasteiger partial charge on any atom is 0.334 e.